The summed E-state index contributed by atoms with van der Waals surface area (Å²) >= 11 is 3.33. The second-order valence-corrected chi connectivity index (χ2v) is 6.15. The number of aromatic hydroxyl groups is 1. The summed E-state index contributed by atoms with van der Waals surface area (Å²) in [5.41, 5.74) is 3.66. The minimum absolute atomic E-state index is 0.273. The first-order chi connectivity index (χ1) is 10.2. The van der Waals surface area contributed by atoms with Crippen LogP contribution in [-0.2, 0) is 13.0 Å². The molecule has 0 heterocycles. The topological polar surface area (TPSA) is 32.3 Å². The van der Waals surface area contributed by atoms with Gasteiger partial charge in [-0.25, -0.2) is 0 Å². The van der Waals surface area contributed by atoms with E-state index in [0.29, 0.717) is 0 Å². The van der Waals surface area contributed by atoms with E-state index in [9.17, 15) is 5.11 Å². The predicted octanol–water partition coefficient (Wildman–Crippen LogP) is 5.50. The molecule has 0 saturated carbocycles. The molecule has 0 spiro atoms. The molecule has 0 unspecified atom stereocenters. The highest BCUT2D eigenvalue weighted by Gasteiger charge is 2.00. The van der Waals surface area contributed by atoms with Crippen LogP contribution in [0.5, 0.6) is 5.75 Å². The Kier molecular flexibility index (Phi) is 6.12. The number of phenols is 1. The zero-order chi connectivity index (χ0) is 15.1. The number of benzene rings is 2. The molecule has 2 N–H and O–H groups in total. The van der Waals surface area contributed by atoms with Crippen LogP contribution in [0.3, 0.4) is 0 Å². The van der Waals surface area contributed by atoms with Crippen molar-refractivity contribution < 1.29 is 5.11 Å². The molecule has 3 heteroatoms. The van der Waals surface area contributed by atoms with Gasteiger partial charge in [0.2, 0.25) is 0 Å². The zero-order valence-corrected chi connectivity index (χ0v) is 14.0. The zero-order valence-electron chi connectivity index (χ0n) is 12.4. The normalized spacial score (nSPS) is 10.6. The van der Waals surface area contributed by atoms with Crippen molar-refractivity contribution in [2.75, 3.05) is 5.32 Å². The van der Waals surface area contributed by atoms with Crippen molar-refractivity contribution in [3.63, 3.8) is 0 Å². The maximum Gasteiger partial charge on any atom is 0.129 e. The van der Waals surface area contributed by atoms with Gasteiger partial charge in [-0.2, -0.15) is 0 Å². The van der Waals surface area contributed by atoms with Gasteiger partial charge in [-0.3, -0.25) is 0 Å². The van der Waals surface area contributed by atoms with Crippen LogP contribution in [0.1, 0.15) is 37.3 Å². The quantitative estimate of drug-likeness (QED) is 0.648. The molecule has 0 fully saturated rings. The molecule has 0 aliphatic carbocycles. The number of halogens is 1. The lowest BCUT2D eigenvalue weighted by molar-refractivity contribution is 0.471. The molecule has 2 aromatic carbocycles. The van der Waals surface area contributed by atoms with E-state index in [1.54, 1.807) is 6.07 Å². The maximum atomic E-state index is 9.48. The van der Waals surface area contributed by atoms with Gasteiger partial charge in [0.25, 0.3) is 0 Å². The van der Waals surface area contributed by atoms with Gasteiger partial charge in [-0.05, 0) is 64.2 Å². The number of hydrogen-bond acceptors (Lipinski definition) is 2. The second kappa shape index (κ2) is 8.08. The van der Waals surface area contributed by atoms with E-state index in [-0.39, 0.29) is 5.75 Å². The minimum Gasteiger partial charge on any atom is -0.507 e. The van der Waals surface area contributed by atoms with Crippen LogP contribution in [0.4, 0.5) is 5.69 Å². The molecule has 112 valence electrons. The third-order valence-electron chi connectivity index (χ3n) is 3.53. The number of hydrogen-bond donors (Lipinski definition) is 2. The van der Waals surface area contributed by atoms with Crippen LogP contribution in [0.25, 0.3) is 0 Å². The molecule has 0 bridgehead atoms. The molecule has 2 nitrogen and oxygen atoms in total. The molecule has 0 atom stereocenters. The number of unbranched alkanes of at least 4 members (excludes halogenated alkanes) is 2. The van der Waals surface area contributed by atoms with Crippen molar-refractivity contribution >= 4 is 21.6 Å². The predicted molar refractivity (Wildman–Crippen MR) is 92.8 cm³/mol. The Morgan fingerprint density at radius 2 is 1.71 bits per heavy atom. The summed E-state index contributed by atoms with van der Waals surface area (Å²) in [5.74, 6) is 0.273. The first-order valence-electron chi connectivity index (χ1n) is 7.49. The van der Waals surface area contributed by atoms with Crippen LogP contribution in [0.15, 0.2) is 46.9 Å². The van der Waals surface area contributed by atoms with Crippen LogP contribution in [0, 0.1) is 0 Å². The highest BCUT2D eigenvalue weighted by molar-refractivity contribution is 9.10. The summed E-state index contributed by atoms with van der Waals surface area (Å²) in [5, 5.41) is 12.9. The Hall–Kier alpha value is -1.48. The first kappa shape index (κ1) is 15.9. The monoisotopic (exact) mass is 347 g/mol. The van der Waals surface area contributed by atoms with Gasteiger partial charge in [0.05, 0.1) is 4.47 Å². The largest absolute Gasteiger partial charge is 0.507 e. The second-order valence-electron chi connectivity index (χ2n) is 5.29. The number of nitrogens with one attached hydrogen (secondary N) is 1. The fraction of sp³-hybridized carbons (Fsp3) is 0.333. The van der Waals surface area contributed by atoms with Gasteiger partial charge in [-0.1, -0.05) is 38.0 Å². The molecule has 21 heavy (non-hydrogen) atoms. The van der Waals surface area contributed by atoms with E-state index < -0.39 is 0 Å². The Balaban J connectivity index is 1.86. The fourth-order valence-electron chi connectivity index (χ4n) is 2.23. The molecular formula is C18H22BrNO. The number of phenolic OH excluding ortho intramolecular Hbond substituents is 1. The average molecular weight is 348 g/mol. The standard InChI is InChI=1S/C18H22BrNO/c1-2-3-4-5-14-6-9-16(10-7-14)20-13-15-8-11-18(21)17(19)12-15/h6-12,20-21H,2-5,13H2,1H3. The van der Waals surface area contributed by atoms with E-state index in [1.807, 2.05) is 12.1 Å². The highest BCUT2D eigenvalue weighted by Crippen LogP contribution is 2.24. The van der Waals surface area contributed by atoms with Crippen molar-refractivity contribution in [3.05, 3.63) is 58.1 Å². The summed E-state index contributed by atoms with van der Waals surface area (Å²) in [7, 11) is 0. The van der Waals surface area contributed by atoms with Crippen LogP contribution in [-0.4, -0.2) is 5.11 Å². The number of aryl methyl sites for hydroxylation is 1. The summed E-state index contributed by atoms with van der Waals surface area (Å²) in [4.78, 5) is 0. The number of rotatable bonds is 7. The lowest BCUT2D eigenvalue weighted by atomic mass is 10.1. The molecule has 0 aliphatic heterocycles. The van der Waals surface area contributed by atoms with E-state index in [1.165, 1.54) is 31.2 Å². The molecular weight excluding hydrogens is 326 g/mol. The SMILES string of the molecule is CCCCCc1ccc(NCc2ccc(O)c(Br)c2)cc1. The maximum absolute atomic E-state index is 9.48. The molecule has 0 radical (unpaired) electrons. The van der Waals surface area contributed by atoms with Gasteiger partial charge in [-0.15, -0.1) is 0 Å². The number of anilines is 1. The molecule has 2 rings (SSSR count). The third-order valence-corrected chi connectivity index (χ3v) is 4.17. The van der Waals surface area contributed by atoms with Crippen LogP contribution in [0.2, 0.25) is 0 Å². The van der Waals surface area contributed by atoms with Gasteiger partial charge < -0.3 is 10.4 Å². The molecule has 2 aromatic rings. The lowest BCUT2D eigenvalue weighted by Gasteiger charge is -2.08. The summed E-state index contributed by atoms with van der Waals surface area (Å²) in [6.45, 7) is 2.97. The third kappa shape index (κ3) is 5.09. The van der Waals surface area contributed by atoms with E-state index in [2.05, 4.69) is 52.4 Å². The van der Waals surface area contributed by atoms with Crippen molar-refractivity contribution in [1.29, 1.82) is 0 Å². The van der Waals surface area contributed by atoms with Crippen LogP contribution < -0.4 is 5.32 Å². The van der Waals surface area contributed by atoms with Gasteiger partial charge in [0.15, 0.2) is 0 Å². The van der Waals surface area contributed by atoms with Crippen molar-refractivity contribution in [1.82, 2.24) is 0 Å². The summed E-state index contributed by atoms with van der Waals surface area (Å²) < 4.78 is 0.730. The van der Waals surface area contributed by atoms with E-state index in [4.69, 9.17) is 0 Å². The van der Waals surface area contributed by atoms with Crippen molar-refractivity contribution in [3.8, 4) is 5.75 Å². The van der Waals surface area contributed by atoms with E-state index >= 15 is 0 Å². The van der Waals surface area contributed by atoms with Crippen LogP contribution >= 0.6 is 15.9 Å². The highest BCUT2D eigenvalue weighted by atomic mass is 79.9. The molecule has 0 aromatic heterocycles. The summed E-state index contributed by atoms with van der Waals surface area (Å²) in [6.07, 6.45) is 5.00. The Morgan fingerprint density at radius 1 is 1.00 bits per heavy atom. The first-order valence-corrected chi connectivity index (χ1v) is 8.28. The molecule has 0 amide bonds. The smallest absolute Gasteiger partial charge is 0.129 e. The van der Waals surface area contributed by atoms with Gasteiger partial charge >= 0.3 is 0 Å². The Bertz CT molecular complexity index is 566. The fourth-order valence-corrected chi connectivity index (χ4v) is 2.66. The van der Waals surface area contributed by atoms with E-state index in [0.717, 1.165) is 22.3 Å². The lowest BCUT2D eigenvalue weighted by Crippen LogP contribution is -1.99. The Labute approximate surface area is 135 Å². The van der Waals surface area contributed by atoms with Crippen molar-refractivity contribution in [2.45, 2.75) is 39.2 Å². The molecule has 0 aliphatic rings. The molecule has 0 saturated heterocycles. The van der Waals surface area contributed by atoms with Crippen molar-refractivity contribution in [2.24, 2.45) is 0 Å². The van der Waals surface area contributed by atoms with Gasteiger partial charge in [0, 0.05) is 12.2 Å². The summed E-state index contributed by atoms with van der Waals surface area (Å²) in [6, 6.07) is 14.2. The average Bonchev–Trinajstić information content (AvgIpc) is 2.50. The Morgan fingerprint density at radius 3 is 2.38 bits per heavy atom. The minimum atomic E-state index is 0.273. The van der Waals surface area contributed by atoms with Gasteiger partial charge in [0.1, 0.15) is 5.75 Å².